The van der Waals surface area contributed by atoms with Crippen molar-refractivity contribution in [2.24, 2.45) is 0 Å². The maximum absolute atomic E-state index is 12.8. The third-order valence-electron chi connectivity index (χ3n) is 5.13. The van der Waals surface area contributed by atoms with Crippen LogP contribution >= 0.6 is 11.3 Å². The molecule has 1 aromatic carbocycles. The van der Waals surface area contributed by atoms with Crippen molar-refractivity contribution in [1.82, 2.24) is 14.8 Å². The summed E-state index contributed by atoms with van der Waals surface area (Å²) >= 11 is 1.51. The van der Waals surface area contributed by atoms with Gasteiger partial charge in [-0.15, -0.1) is 11.3 Å². The second kappa shape index (κ2) is 7.37. The summed E-state index contributed by atoms with van der Waals surface area (Å²) in [4.78, 5) is 22.5. The van der Waals surface area contributed by atoms with Gasteiger partial charge in [0, 0.05) is 39.1 Å². The second-order valence-corrected chi connectivity index (χ2v) is 8.31. The molecule has 1 amide bonds. The first-order chi connectivity index (χ1) is 12.6. The van der Waals surface area contributed by atoms with Gasteiger partial charge in [-0.2, -0.15) is 0 Å². The Morgan fingerprint density at radius 3 is 2.92 bits per heavy atom. The number of hydrogen-bond acceptors (Lipinski definition) is 5. The maximum Gasteiger partial charge on any atom is 0.265 e. The summed E-state index contributed by atoms with van der Waals surface area (Å²) in [5.41, 5.74) is 3.52. The molecule has 0 N–H and O–H groups in total. The zero-order chi connectivity index (χ0) is 18.1. The summed E-state index contributed by atoms with van der Waals surface area (Å²) in [6, 6.07) is 6.54. The number of aromatic nitrogens is 1. The highest BCUT2D eigenvalue weighted by Gasteiger charge is 2.23. The summed E-state index contributed by atoms with van der Waals surface area (Å²) in [7, 11) is 0. The predicted octanol–water partition coefficient (Wildman–Crippen LogP) is 3.04. The van der Waals surface area contributed by atoms with Gasteiger partial charge in [0.1, 0.15) is 10.6 Å². The van der Waals surface area contributed by atoms with Gasteiger partial charge in [0.25, 0.3) is 5.91 Å². The number of amides is 1. The molecule has 5 nitrogen and oxygen atoms in total. The van der Waals surface area contributed by atoms with E-state index in [2.05, 4.69) is 28.1 Å². The number of rotatable bonds is 3. The van der Waals surface area contributed by atoms with Crippen molar-refractivity contribution in [2.45, 2.75) is 33.2 Å². The number of thiazole rings is 1. The first-order valence-corrected chi connectivity index (χ1v) is 10.1. The van der Waals surface area contributed by atoms with Gasteiger partial charge in [-0.1, -0.05) is 12.1 Å². The third kappa shape index (κ3) is 3.62. The van der Waals surface area contributed by atoms with Crippen LogP contribution in [0.1, 0.15) is 37.9 Å². The van der Waals surface area contributed by atoms with Crippen molar-refractivity contribution in [3.05, 3.63) is 44.9 Å². The molecular formula is C20H25N3O2S. The largest absolute Gasteiger partial charge is 0.493 e. The average molecular weight is 372 g/mol. The molecule has 1 aromatic heterocycles. The Labute approximate surface area is 158 Å². The predicted molar refractivity (Wildman–Crippen MR) is 103 cm³/mol. The zero-order valence-electron chi connectivity index (χ0n) is 15.5. The maximum atomic E-state index is 12.8. The van der Waals surface area contributed by atoms with E-state index in [1.165, 1.54) is 22.5 Å². The summed E-state index contributed by atoms with van der Waals surface area (Å²) in [5.74, 6) is 1.18. The van der Waals surface area contributed by atoms with E-state index in [-0.39, 0.29) is 5.91 Å². The Balaban J connectivity index is 1.39. The summed E-state index contributed by atoms with van der Waals surface area (Å²) in [6.45, 7) is 9.17. The summed E-state index contributed by atoms with van der Waals surface area (Å²) in [6.07, 6.45) is 2.02. The van der Waals surface area contributed by atoms with Crippen LogP contribution < -0.4 is 4.74 Å². The molecule has 2 aliphatic heterocycles. The topological polar surface area (TPSA) is 45.7 Å². The highest BCUT2D eigenvalue weighted by molar-refractivity contribution is 7.13. The Kier molecular flexibility index (Phi) is 4.96. The zero-order valence-corrected chi connectivity index (χ0v) is 16.3. The summed E-state index contributed by atoms with van der Waals surface area (Å²) < 4.78 is 5.60. The minimum Gasteiger partial charge on any atom is -0.493 e. The fraction of sp³-hybridized carbons (Fsp3) is 0.500. The SMILES string of the molecule is Cc1nc(C)c(C(=O)N2CCCN(Cc3ccc4c(c3)CCO4)CC2)s1. The van der Waals surface area contributed by atoms with Crippen LogP contribution in [0.15, 0.2) is 18.2 Å². The Hall–Kier alpha value is -1.92. The number of carbonyl (C=O) groups is 1. The first kappa shape index (κ1) is 17.5. The van der Waals surface area contributed by atoms with Crippen LogP contribution in [0.3, 0.4) is 0 Å². The number of nitrogens with zero attached hydrogens (tertiary/aromatic N) is 3. The van der Waals surface area contributed by atoms with E-state index < -0.39 is 0 Å². The molecule has 6 heteroatoms. The number of ether oxygens (including phenoxy) is 1. The molecule has 4 rings (SSSR count). The van der Waals surface area contributed by atoms with Crippen LogP contribution in [0.2, 0.25) is 0 Å². The van der Waals surface area contributed by atoms with Gasteiger partial charge in [-0.25, -0.2) is 4.98 Å². The van der Waals surface area contributed by atoms with Gasteiger partial charge in [0.15, 0.2) is 0 Å². The van der Waals surface area contributed by atoms with Crippen molar-refractivity contribution >= 4 is 17.2 Å². The monoisotopic (exact) mass is 371 g/mol. The van der Waals surface area contributed by atoms with E-state index in [1.807, 2.05) is 18.7 Å². The molecular weight excluding hydrogens is 346 g/mol. The standard InChI is InChI=1S/C20H25N3O2S/c1-14-19(26-15(2)21-14)20(24)23-8-3-7-22(9-10-23)13-16-4-5-18-17(12-16)6-11-25-18/h4-5,12H,3,6-11,13H2,1-2H3. The molecule has 3 heterocycles. The molecule has 2 aromatic rings. The minimum atomic E-state index is 0.143. The molecule has 0 saturated carbocycles. The lowest BCUT2D eigenvalue weighted by Gasteiger charge is -2.22. The Bertz CT molecular complexity index is 817. The highest BCUT2D eigenvalue weighted by atomic mass is 32.1. The van der Waals surface area contributed by atoms with Crippen molar-refractivity contribution in [3.63, 3.8) is 0 Å². The molecule has 138 valence electrons. The van der Waals surface area contributed by atoms with E-state index in [9.17, 15) is 4.79 Å². The van der Waals surface area contributed by atoms with Gasteiger partial charge in [0.05, 0.1) is 17.3 Å². The van der Waals surface area contributed by atoms with Crippen LogP contribution in [-0.4, -0.2) is 53.5 Å². The molecule has 0 atom stereocenters. The smallest absolute Gasteiger partial charge is 0.265 e. The number of aryl methyl sites for hydroxylation is 2. The van der Waals surface area contributed by atoms with Crippen molar-refractivity contribution < 1.29 is 9.53 Å². The van der Waals surface area contributed by atoms with Gasteiger partial charge < -0.3 is 9.64 Å². The first-order valence-electron chi connectivity index (χ1n) is 9.30. The molecule has 0 unspecified atom stereocenters. The second-order valence-electron chi connectivity index (χ2n) is 7.11. The molecule has 0 radical (unpaired) electrons. The number of carbonyl (C=O) groups excluding carboxylic acids is 1. The van der Waals surface area contributed by atoms with Crippen molar-refractivity contribution in [2.75, 3.05) is 32.8 Å². The minimum absolute atomic E-state index is 0.143. The lowest BCUT2D eigenvalue weighted by atomic mass is 10.1. The van der Waals surface area contributed by atoms with Gasteiger partial charge >= 0.3 is 0 Å². The Morgan fingerprint density at radius 1 is 1.23 bits per heavy atom. The molecule has 2 aliphatic rings. The van der Waals surface area contributed by atoms with Gasteiger partial charge in [-0.3, -0.25) is 9.69 Å². The van der Waals surface area contributed by atoms with Crippen LogP contribution in [0.5, 0.6) is 5.75 Å². The number of fused-ring (bicyclic) bond motifs is 1. The molecule has 0 bridgehead atoms. The van der Waals surface area contributed by atoms with Gasteiger partial charge in [-0.05, 0) is 37.5 Å². The Morgan fingerprint density at radius 2 is 2.12 bits per heavy atom. The lowest BCUT2D eigenvalue weighted by molar-refractivity contribution is 0.0765. The molecule has 1 fully saturated rings. The van der Waals surface area contributed by atoms with E-state index in [0.717, 1.165) is 73.5 Å². The van der Waals surface area contributed by atoms with E-state index >= 15 is 0 Å². The normalized spacial score (nSPS) is 17.7. The third-order valence-corrected chi connectivity index (χ3v) is 6.19. The van der Waals surface area contributed by atoms with E-state index in [4.69, 9.17) is 4.74 Å². The summed E-state index contributed by atoms with van der Waals surface area (Å²) in [5, 5.41) is 0.961. The lowest BCUT2D eigenvalue weighted by Crippen LogP contribution is -2.35. The highest BCUT2D eigenvalue weighted by Crippen LogP contribution is 2.26. The quantitative estimate of drug-likeness (QED) is 0.832. The fourth-order valence-corrected chi connectivity index (χ4v) is 4.69. The number of benzene rings is 1. The van der Waals surface area contributed by atoms with E-state index in [1.54, 1.807) is 0 Å². The molecule has 1 saturated heterocycles. The average Bonchev–Trinajstić information content (AvgIpc) is 3.14. The fourth-order valence-electron chi connectivity index (χ4n) is 3.80. The number of hydrogen-bond donors (Lipinski definition) is 0. The van der Waals surface area contributed by atoms with Crippen LogP contribution in [0, 0.1) is 13.8 Å². The van der Waals surface area contributed by atoms with Crippen molar-refractivity contribution in [1.29, 1.82) is 0 Å². The molecule has 0 spiro atoms. The van der Waals surface area contributed by atoms with Crippen LogP contribution in [0.4, 0.5) is 0 Å². The van der Waals surface area contributed by atoms with E-state index in [0.29, 0.717) is 0 Å². The molecule has 26 heavy (non-hydrogen) atoms. The molecule has 0 aliphatic carbocycles. The van der Waals surface area contributed by atoms with Crippen molar-refractivity contribution in [3.8, 4) is 5.75 Å². The van der Waals surface area contributed by atoms with Gasteiger partial charge in [0.2, 0.25) is 0 Å². The van der Waals surface area contributed by atoms with Crippen LogP contribution in [0.25, 0.3) is 0 Å². The van der Waals surface area contributed by atoms with Crippen LogP contribution in [-0.2, 0) is 13.0 Å².